The predicted octanol–water partition coefficient (Wildman–Crippen LogP) is 1.87. The van der Waals surface area contributed by atoms with Crippen LogP contribution in [0.25, 0.3) is 0 Å². The quantitative estimate of drug-likeness (QED) is 0.824. The van der Waals surface area contributed by atoms with Crippen molar-refractivity contribution in [2.24, 2.45) is 12.5 Å². The first-order chi connectivity index (χ1) is 7.86. The Morgan fingerprint density at radius 3 is 2.53 bits per heavy atom. The molecule has 1 rings (SSSR count). The van der Waals surface area contributed by atoms with Crippen LogP contribution in [0.15, 0.2) is 12.3 Å². The fraction of sp³-hybridized carbons (Fsp3) is 0.769. The lowest BCUT2D eigenvalue weighted by Crippen LogP contribution is -2.42. The highest BCUT2D eigenvalue weighted by Crippen LogP contribution is 2.24. The molecule has 2 unspecified atom stereocenters. The summed E-state index contributed by atoms with van der Waals surface area (Å²) in [7, 11) is 1.95. The molecule has 2 N–H and O–H groups in total. The second-order valence-electron chi connectivity index (χ2n) is 5.70. The number of nitrogens with one attached hydrogen (secondary N) is 1. The van der Waals surface area contributed by atoms with Gasteiger partial charge in [0.1, 0.15) is 0 Å². The molecule has 0 aliphatic heterocycles. The maximum absolute atomic E-state index is 9.14. The van der Waals surface area contributed by atoms with Gasteiger partial charge < -0.3 is 10.4 Å². The van der Waals surface area contributed by atoms with Crippen molar-refractivity contribution in [1.82, 2.24) is 15.1 Å². The summed E-state index contributed by atoms with van der Waals surface area (Å²) in [6, 6.07) is 2.55. The molecule has 1 aromatic heterocycles. The molecular formula is C13H25N3O. The Labute approximate surface area is 104 Å². The third kappa shape index (κ3) is 3.82. The second kappa shape index (κ2) is 5.65. The monoisotopic (exact) mass is 239 g/mol. The smallest absolute Gasteiger partial charge is 0.0547 e. The van der Waals surface area contributed by atoms with E-state index < -0.39 is 0 Å². The van der Waals surface area contributed by atoms with Gasteiger partial charge in [-0.2, -0.15) is 5.10 Å². The Morgan fingerprint density at radius 1 is 1.47 bits per heavy atom. The van der Waals surface area contributed by atoms with Gasteiger partial charge in [0.05, 0.1) is 5.69 Å². The molecule has 4 heteroatoms. The van der Waals surface area contributed by atoms with Crippen molar-refractivity contribution in [3.63, 3.8) is 0 Å². The third-order valence-electron chi connectivity index (χ3n) is 3.22. The molecule has 0 saturated heterocycles. The third-order valence-corrected chi connectivity index (χ3v) is 3.22. The number of aliphatic hydroxyl groups is 1. The van der Waals surface area contributed by atoms with Crippen LogP contribution in [-0.4, -0.2) is 27.5 Å². The molecule has 0 bridgehead atoms. The van der Waals surface area contributed by atoms with E-state index in [1.165, 1.54) is 0 Å². The van der Waals surface area contributed by atoms with Gasteiger partial charge in [-0.3, -0.25) is 4.68 Å². The fourth-order valence-corrected chi connectivity index (χ4v) is 2.09. The van der Waals surface area contributed by atoms with E-state index >= 15 is 0 Å². The number of hydrogen-bond donors (Lipinski definition) is 2. The van der Waals surface area contributed by atoms with Crippen LogP contribution in [0.3, 0.4) is 0 Å². The molecule has 17 heavy (non-hydrogen) atoms. The van der Waals surface area contributed by atoms with Crippen molar-refractivity contribution in [3.05, 3.63) is 18.0 Å². The van der Waals surface area contributed by atoms with Crippen molar-refractivity contribution >= 4 is 0 Å². The maximum atomic E-state index is 9.14. The normalized spacial score (nSPS) is 15.9. The molecule has 4 nitrogen and oxygen atoms in total. The molecule has 0 saturated carbocycles. The zero-order valence-electron chi connectivity index (χ0n) is 11.6. The summed E-state index contributed by atoms with van der Waals surface area (Å²) >= 11 is 0. The van der Waals surface area contributed by atoms with Crippen LogP contribution in [0, 0.1) is 5.41 Å². The molecule has 1 heterocycles. The van der Waals surface area contributed by atoms with Crippen molar-refractivity contribution in [3.8, 4) is 0 Å². The highest BCUT2D eigenvalue weighted by Gasteiger charge is 2.26. The minimum atomic E-state index is 0.135. The number of rotatable bonds is 5. The average Bonchev–Trinajstić information content (AvgIpc) is 2.62. The van der Waals surface area contributed by atoms with Crippen LogP contribution >= 0.6 is 0 Å². The van der Waals surface area contributed by atoms with Gasteiger partial charge in [0, 0.05) is 31.9 Å². The molecule has 0 spiro atoms. The maximum Gasteiger partial charge on any atom is 0.0547 e. The largest absolute Gasteiger partial charge is 0.396 e. The van der Waals surface area contributed by atoms with E-state index in [2.05, 4.69) is 38.1 Å². The van der Waals surface area contributed by atoms with Gasteiger partial charge >= 0.3 is 0 Å². The van der Waals surface area contributed by atoms with Gasteiger partial charge in [-0.1, -0.05) is 20.8 Å². The first-order valence-electron chi connectivity index (χ1n) is 6.21. The van der Waals surface area contributed by atoms with Crippen molar-refractivity contribution in [2.45, 2.75) is 46.2 Å². The molecule has 0 amide bonds. The van der Waals surface area contributed by atoms with Crippen molar-refractivity contribution in [2.75, 3.05) is 6.61 Å². The second-order valence-corrected chi connectivity index (χ2v) is 5.70. The molecule has 98 valence electrons. The molecule has 1 aromatic rings. The molecule has 0 radical (unpaired) electrons. The van der Waals surface area contributed by atoms with Crippen LogP contribution in [0.4, 0.5) is 0 Å². The van der Waals surface area contributed by atoms with Gasteiger partial charge in [0.2, 0.25) is 0 Å². The van der Waals surface area contributed by atoms with E-state index in [0.717, 1.165) is 12.1 Å². The Kier molecular flexibility index (Phi) is 4.71. The number of hydrogen-bond acceptors (Lipinski definition) is 3. The van der Waals surface area contributed by atoms with Crippen LogP contribution in [0.5, 0.6) is 0 Å². The summed E-state index contributed by atoms with van der Waals surface area (Å²) in [5, 5.41) is 16.9. The first kappa shape index (κ1) is 14.2. The zero-order chi connectivity index (χ0) is 13.1. The summed E-state index contributed by atoms with van der Waals surface area (Å²) in [5.41, 5.74) is 1.30. The van der Waals surface area contributed by atoms with E-state index in [1.54, 1.807) is 0 Å². The fourth-order valence-electron chi connectivity index (χ4n) is 2.09. The molecule has 0 aliphatic carbocycles. The Hall–Kier alpha value is -0.870. The molecule has 2 atom stereocenters. The lowest BCUT2D eigenvalue weighted by molar-refractivity contribution is 0.186. The van der Waals surface area contributed by atoms with E-state index in [0.29, 0.717) is 0 Å². The summed E-state index contributed by atoms with van der Waals surface area (Å²) in [4.78, 5) is 0. The SMILES string of the molecule is CC(NC(CCO)C(C)(C)C)c1ccnn1C. The van der Waals surface area contributed by atoms with E-state index in [1.807, 2.05) is 24.0 Å². The van der Waals surface area contributed by atoms with E-state index in [4.69, 9.17) is 5.11 Å². The van der Waals surface area contributed by atoms with Gasteiger partial charge in [0.15, 0.2) is 0 Å². The number of aromatic nitrogens is 2. The van der Waals surface area contributed by atoms with Crippen LogP contribution in [0.2, 0.25) is 0 Å². The van der Waals surface area contributed by atoms with Crippen LogP contribution in [-0.2, 0) is 7.05 Å². The van der Waals surface area contributed by atoms with Crippen LogP contribution in [0.1, 0.15) is 45.9 Å². The minimum Gasteiger partial charge on any atom is -0.396 e. The molecule has 0 aliphatic rings. The van der Waals surface area contributed by atoms with Crippen molar-refractivity contribution in [1.29, 1.82) is 0 Å². The van der Waals surface area contributed by atoms with Gasteiger partial charge in [-0.05, 0) is 24.8 Å². The lowest BCUT2D eigenvalue weighted by atomic mass is 9.84. The standard InChI is InChI=1S/C13H25N3O/c1-10(11-6-8-14-16(11)5)15-12(7-9-17)13(2,3)4/h6,8,10,12,15,17H,7,9H2,1-5H3. The molecular weight excluding hydrogens is 214 g/mol. The summed E-state index contributed by atoms with van der Waals surface area (Å²) in [6.45, 7) is 8.92. The van der Waals surface area contributed by atoms with Gasteiger partial charge in [0.25, 0.3) is 0 Å². The Balaban J connectivity index is 2.71. The number of aliphatic hydroxyl groups excluding tert-OH is 1. The zero-order valence-corrected chi connectivity index (χ0v) is 11.6. The minimum absolute atomic E-state index is 0.135. The highest BCUT2D eigenvalue weighted by atomic mass is 16.3. The van der Waals surface area contributed by atoms with Crippen molar-refractivity contribution < 1.29 is 5.11 Å². The topological polar surface area (TPSA) is 50.1 Å². The highest BCUT2D eigenvalue weighted by molar-refractivity contribution is 5.06. The van der Waals surface area contributed by atoms with Crippen LogP contribution < -0.4 is 5.32 Å². The number of nitrogens with zero attached hydrogens (tertiary/aromatic N) is 2. The Bertz CT molecular complexity index is 341. The molecule has 0 aromatic carbocycles. The van der Waals surface area contributed by atoms with E-state index in [-0.39, 0.29) is 24.1 Å². The van der Waals surface area contributed by atoms with E-state index in [9.17, 15) is 0 Å². The summed E-state index contributed by atoms with van der Waals surface area (Å²) < 4.78 is 1.89. The predicted molar refractivity (Wildman–Crippen MR) is 69.7 cm³/mol. The Morgan fingerprint density at radius 2 is 2.12 bits per heavy atom. The van der Waals surface area contributed by atoms with Gasteiger partial charge in [-0.25, -0.2) is 0 Å². The number of aryl methyl sites for hydroxylation is 1. The summed E-state index contributed by atoms with van der Waals surface area (Å²) in [6.07, 6.45) is 2.58. The molecule has 0 fully saturated rings. The van der Waals surface area contributed by atoms with Gasteiger partial charge in [-0.15, -0.1) is 0 Å². The lowest BCUT2D eigenvalue weighted by Gasteiger charge is -2.33. The summed E-state index contributed by atoms with van der Waals surface area (Å²) in [5.74, 6) is 0. The average molecular weight is 239 g/mol. The first-order valence-corrected chi connectivity index (χ1v) is 6.21.